The van der Waals surface area contributed by atoms with Gasteiger partial charge in [-0.15, -0.1) is 0 Å². The lowest BCUT2D eigenvalue weighted by Gasteiger charge is -2.11. The fourth-order valence-corrected chi connectivity index (χ4v) is 1.84. The molecular formula is C6H12N2. The normalized spacial score (nSPS) is 60.8. The monoisotopic (exact) mass is 112 g/mol. The van der Waals surface area contributed by atoms with E-state index in [0.717, 1.165) is 11.8 Å². The van der Waals surface area contributed by atoms with Crippen molar-refractivity contribution in [3.63, 3.8) is 0 Å². The minimum absolute atomic E-state index is 0.318. The van der Waals surface area contributed by atoms with Crippen LogP contribution < -0.4 is 11.5 Å². The Bertz CT molecular complexity index is 111. The highest BCUT2D eigenvalue weighted by atomic mass is 14.9. The number of hydrogen-bond acceptors (Lipinski definition) is 2. The SMILES string of the molecule is NC1CC2CC2C1N. The van der Waals surface area contributed by atoms with E-state index in [2.05, 4.69) is 0 Å². The van der Waals surface area contributed by atoms with E-state index in [9.17, 15) is 0 Å². The van der Waals surface area contributed by atoms with Crippen molar-refractivity contribution in [1.29, 1.82) is 0 Å². The van der Waals surface area contributed by atoms with Crippen LogP contribution in [0.1, 0.15) is 12.8 Å². The minimum Gasteiger partial charge on any atom is -0.326 e. The van der Waals surface area contributed by atoms with Crippen LogP contribution in [0.3, 0.4) is 0 Å². The zero-order valence-electron chi connectivity index (χ0n) is 4.88. The Balaban J connectivity index is 2.08. The van der Waals surface area contributed by atoms with Crippen LogP contribution in [-0.2, 0) is 0 Å². The van der Waals surface area contributed by atoms with Gasteiger partial charge in [0, 0.05) is 12.1 Å². The summed E-state index contributed by atoms with van der Waals surface area (Å²) in [6.07, 6.45) is 2.54. The summed E-state index contributed by atoms with van der Waals surface area (Å²) in [5, 5.41) is 0. The molecule has 4 unspecified atom stereocenters. The fourth-order valence-electron chi connectivity index (χ4n) is 1.84. The predicted molar refractivity (Wildman–Crippen MR) is 32.2 cm³/mol. The van der Waals surface area contributed by atoms with Gasteiger partial charge in [-0.2, -0.15) is 0 Å². The van der Waals surface area contributed by atoms with Gasteiger partial charge in [-0.1, -0.05) is 0 Å². The van der Waals surface area contributed by atoms with E-state index in [1.165, 1.54) is 12.8 Å². The van der Waals surface area contributed by atoms with Gasteiger partial charge < -0.3 is 11.5 Å². The van der Waals surface area contributed by atoms with Crippen molar-refractivity contribution >= 4 is 0 Å². The van der Waals surface area contributed by atoms with E-state index in [1.54, 1.807) is 0 Å². The summed E-state index contributed by atoms with van der Waals surface area (Å²) in [6, 6.07) is 0.652. The van der Waals surface area contributed by atoms with E-state index in [1.807, 2.05) is 0 Å². The quantitative estimate of drug-likeness (QED) is 0.451. The molecule has 0 aromatic rings. The van der Waals surface area contributed by atoms with E-state index in [0.29, 0.717) is 12.1 Å². The molecule has 0 aromatic heterocycles. The maximum atomic E-state index is 5.74. The van der Waals surface area contributed by atoms with Crippen molar-refractivity contribution in [3.8, 4) is 0 Å². The van der Waals surface area contributed by atoms with Crippen LogP contribution in [-0.4, -0.2) is 12.1 Å². The van der Waals surface area contributed by atoms with Gasteiger partial charge in [0.15, 0.2) is 0 Å². The summed E-state index contributed by atoms with van der Waals surface area (Å²) in [7, 11) is 0. The van der Waals surface area contributed by atoms with E-state index >= 15 is 0 Å². The highest BCUT2D eigenvalue weighted by Crippen LogP contribution is 2.50. The van der Waals surface area contributed by atoms with Crippen LogP contribution in [0.5, 0.6) is 0 Å². The minimum atomic E-state index is 0.318. The van der Waals surface area contributed by atoms with Crippen LogP contribution in [0.4, 0.5) is 0 Å². The molecule has 0 saturated heterocycles. The molecule has 2 aliphatic carbocycles. The topological polar surface area (TPSA) is 52.0 Å². The van der Waals surface area contributed by atoms with Crippen molar-refractivity contribution in [2.45, 2.75) is 24.9 Å². The largest absolute Gasteiger partial charge is 0.326 e. The van der Waals surface area contributed by atoms with Crippen LogP contribution in [0.2, 0.25) is 0 Å². The number of hydrogen-bond donors (Lipinski definition) is 2. The first kappa shape index (κ1) is 4.77. The molecule has 2 rings (SSSR count). The van der Waals surface area contributed by atoms with E-state index < -0.39 is 0 Å². The third kappa shape index (κ3) is 0.446. The molecule has 8 heavy (non-hydrogen) atoms. The first-order valence-electron chi connectivity index (χ1n) is 3.30. The summed E-state index contributed by atoms with van der Waals surface area (Å²) < 4.78 is 0. The van der Waals surface area contributed by atoms with Crippen molar-refractivity contribution in [1.82, 2.24) is 0 Å². The highest BCUT2D eigenvalue weighted by molar-refractivity contribution is 5.06. The molecule has 0 bridgehead atoms. The van der Waals surface area contributed by atoms with Gasteiger partial charge in [0.1, 0.15) is 0 Å². The van der Waals surface area contributed by atoms with Crippen molar-refractivity contribution in [3.05, 3.63) is 0 Å². The lowest BCUT2D eigenvalue weighted by molar-refractivity contribution is 0.529. The number of rotatable bonds is 0. The Morgan fingerprint density at radius 1 is 1.12 bits per heavy atom. The Labute approximate surface area is 49.2 Å². The van der Waals surface area contributed by atoms with Crippen LogP contribution in [0.15, 0.2) is 0 Å². The molecule has 0 radical (unpaired) electrons. The van der Waals surface area contributed by atoms with Crippen molar-refractivity contribution < 1.29 is 0 Å². The second-order valence-corrected chi connectivity index (χ2v) is 3.14. The molecule has 46 valence electrons. The van der Waals surface area contributed by atoms with Gasteiger partial charge in [-0.25, -0.2) is 0 Å². The second-order valence-electron chi connectivity index (χ2n) is 3.14. The molecule has 4 atom stereocenters. The standard InChI is InChI=1S/C6H12N2/c7-5-2-3-1-4(3)6(5)8/h3-6H,1-2,7-8H2. The third-order valence-electron chi connectivity index (χ3n) is 2.54. The number of nitrogens with two attached hydrogens (primary N) is 2. The third-order valence-corrected chi connectivity index (χ3v) is 2.54. The summed E-state index contributed by atoms with van der Waals surface area (Å²) in [4.78, 5) is 0. The summed E-state index contributed by atoms with van der Waals surface area (Å²) in [5.41, 5.74) is 11.4. The van der Waals surface area contributed by atoms with Crippen LogP contribution in [0, 0.1) is 11.8 Å². The molecular weight excluding hydrogens is 100 g/mol. The van der Waals surface area contributed by atoms with Gasteiger partial charge in [-0.05, 0) is 24.7 Å². The summed E-state index contributed by atoms with van der Waals surface area (Å²) in [5.74, 6) is 1.73. The second kappa shape index (κ2) is 1.25. The zero-order chi connectivity index (χ0) is 5.72. The van der Waals surface area contributed by atoms with Gasteiger partial charge in [0.2, 0.25) is 0 Å². The molecule has 0 aromatic carbocycles. The van der Waals surface area contributed by atoms with Crippen LogP contribution in [0.25, 0.3) is 0 Å². The maximum absolute atomic E-state index is 5.74. The van der Waals surface area contributed by atoms with E-state index in [4.69, 9.17) is 11.5 Å². The Morgan fingerprint density at radius 3 is 2.12 bits per heavy atom. The molecule has 0 aliphatic heterocycles. The summed E-state index contributed by atoms with van der Waals surface area (Å²) >= 11 is 0. The first-order chi connectivity index (χ1) is 3.79. The predicted octanol–water partition coefficient (Wildman–Crippen LogP) is -0.319. The maximum Gasteiger partial charge on any atom is 0.0223 e. The lowest BCUT2D eigenvalue weighted by Crippen LogP contribution is -2.39. The smallest absolute Gasteiger partial charge is 0.0223 e. The number of fused-ring (bicyclic) bond motifs is 1. The zero-order valence-corrected chi connectivity index (χ0v) is 4.88. The average Bonchev–Trinajstić information content (AvgIpc) is 2.39. The molecule has 0 amide bonds. The molecule has 2 fully saturated rings. The van der Waals surface area contributed by atoms with Crippen molar-refractivity contribution in [2.24, 2.45) is 23.3 Å². The van der Waals surface area contributed by atoms with Crippen LogP contribution >= 0.6 is 0 Å². The molecule has 0 heterocycles. The Morgan fingerprint density at radius 2 is 1.88 bits per heavy atom. The first-order valence-corrected chi connectivity index (χ1v) is 3.30. The average molecular weight is 112 g/mol. The lowest BCUT2D eigenvalue weighted by atomic mass is 10.1. The molecule has 2 nitrogen and oxygen atoms in total. The Hall–Kier alpha value is -0.0800. The highest BCUT2D eigenvalue weighted by Gasteiger charge is 2.50. The molecule has 2 saturated carbocycles. The van der Waals surface area contributed by atoms with Crippen molar-refractivity contribution in [2.75, 3.05) is 0 Å². The van der Waals surface area contributed by atoms with Gasteiger partial charge in [0.25, 0.3) is 0 Å². The Kier molecular flexibility index (Phi) is 0.746. The molecule has 2 aliphatic rings. The van der Waals surface area contributed by atoms with Gasteiger partial charge in [-0.3, -0.25) is 0 Å². The molecule has 4 N–H and O–H groups in total. The van der Waals surface area contributed by atoms with Gasteiger partial charge >= 0.3 is 0 Å². The van der Waals surface area contributed by atoms with E-state index in [-0.39, 0.29) is 0 Å². The molecule has 2 heteroatoms. The molecule has 0 spiro atoms. The fraction of sp³-hybridized carbons (Fsp3) is 1.00. The summed E-state index contributed by atoms with van der Waals surface area (Å²) in [6.45, 7) is 0. The van der Waals surface area contributed by atoms with Gasteiger partial charge in [0.05, 0.1) is 0 Å².